The summed E-state index contributed by atoms with van der Waals surface area (Å²) >= 11 is 12.1. The maximum atomic E-state index is 12.7. The van der Waals surface area contributed by atoms with Crippen LogP contribution < -0.4 is 14.8 Å². The van der Waals surface area contributed by atoms with Crippen LogP contribution in [0, 0.1) is 0 Å². The van der Waals surface area contributed by atoms with Crippen molar-refractivity contribution < 1.29 is 14.3 Å². The minimum Gasteiger partial charge on any atom is -0.493 e. The molecule has 1 aromatic carbocycles. The number of carbonyl (C=O) groups is 1. The number of nitrogens with zero attached hydrogens (tertiary/aromatic N) is 1. The second kappa shape index (κ2) is 7.22. The van der Waals surface area contributed by atoms with E-state index in [1.165, 1.54) is 0 Å². The molecule has 0 bridgehead atoms. The number of nitrogens with one attached hydrogen (secondary N) is 1. The van der Waals surface area contributed by atoms with Gasteiger partial charge in [0.15, 0.2) is 22.4 Å². The molecule has 0 saturated heterocycles. The summed E-state index contributed by atoms with van der Waals surface area (Å²) in [5, 5.41) is 4.34. The first-order chi connectivity index (χ1) is 12.0. The highest BCUT2D eigenvalue weighted by atomic mass is 35.5. The molecule has 25 heavy (non-hydrogen) atoms. The predicted octanol–water partition coefficient (Wildman–Crippen LogP) is 3.62. The zero-order valence-corrected chi connectivity index (χ0v) is 16.1. The predicted molar refractivity (Wildman–Crippen MR) is 101 cm³/mol. The van der Waals surface area contributed by atoms with Crippen molar-refractivity contribution in [2.24, 2.45) is 0 Å². The standard InChI is InChI=1S/C18H21ClN2O3S/c1-4-21-11-6-5-7-12(22)14(11)16(20-18(21)25)10-8-9-13(23-2)17(24-3)15(10)19/h8-9,16H,4-7H2,1-3H3,(H,20,25). The Morgan fingerprint density at radius 2 is 2.08 bits per heavy atom. The lowest BCUT2D eigenvalue weighted by atomic mass is 9.84. The number of thiocarbonyl (C=S) groups is 1. The number of benzene rings is 1. The SMILES string of the molecule is CCN1C(=S)NC(c2ccc(OC)c(OC)c2Cl)C2=C1CCCC2=O. The number of allylic oxidation sites excluding steroid dienone is 1. The molecule has 0 spiro atoms. The van der Waals surface area contributed by atoms with E-state index < -0.39 is 0 Å². The Morgan fingerprint density at radius 3 is 2.72 bits per heavy atom. The summed E-state index contributed by atoms with van der Waals surface area (Å²) in [6.07, 6.45) is 2.24. The molecule has 5 nitrogen and oxygen atoms in total. The van der Waals surface area contributed by atoms with Gasteiger partial charge in [0.25, 0.3) is 0 Å². The van der Waals surface area contributed by atoms with Gasteiger partial charge >= 0.3 is 0 Å². The zero-order valence-electron chi connectivity index (χ0n) is 14.5. The van der Waals surface area contributed by atoms with Gasteiger partial charge in [-0.05, 0) is 38.0 Å². The lowest BCUT2D eigenvalue weighted by Gasteiger charge is -2.40. The number of methoxy groups -OCH3 is 2. The maximum Gasteiger partial charge on any atom is 0.179 e. The minimum atomic E-state index is -0.370. The average Bonchev–Trinajstić information content (AvgIpc) is 2.61. The summed E-state index contributed by atoms with van der Waals surface area (Å²) in [5.41, 5.74) is 2.54. The summed E-state index contributed by atoms with van der Waals surface area (Å²) in [6, 6.07) is 3.29. The van der Waals surface area contributed by atoms with Gasteiger partial charge in [-0.25, -0.2) is 0 Å². The van der Waals surface area contributed by atoms with Crippen molar-refractivity contribution in [1.82, 2.24) is 10.2 Å². The molecule has 134 valence electrons. The largest absolute Gasteiger partial charge is 0.493 e. The van der Waals surface area contributed by atoms with Crippen LogP contribution in [0.1, 0.15) is 37.8 Å². The molecule has 3 rings (SSSR count). The van der Waals surface area contributed by atoms with E-state index in [1.54, 1.807) is 20.3 Å². The maximum absolute atomic E-state index is 12.7. The van der Waals surface area contributed by atoms with Crippen molar-refractivity contribution in [3.63, 3.8) is 0 Å². The van der Waals surface area contributed by atoms with Crippen LogP contribution in [0.25, 0.3) is 0 Å². The fourth-order valence-corrected chi connectivity index (χ4v) is 4.25. The van der Waals surface area contributed by atoms with Crippen molar-refractivity contribution in [2.45, 2.75) is 32.2 Å². The molecule has 0 aromatic heterocycles. The van der Waals surface area contributed by atoms with Gasteiger partial charge in [0, 0.05) is 29.8 Å². The molecular weight excluding hydrogens is 360 g/mol. The first kappa shape index (κ1) is 18.0. The number of halogens is 1. The Labute approximate surface area is 157 Å². The smallest absolute Gasteiger partial charge is 0.179 e. The number of Topliss-reactive ketones (excluding diaryl/α,β-unsaturated/α-hetero) is 1. The molecular formula is C18H21ClN2O3S. The number of ketones is 1. The van der Waals surface area contributed by atoms with Gasteiger partial charge in [-0.15, -0.1) is 0 Å². The van der Waals surface area contributed by atoms with Crippen molar-refractivity contribution in [3.05, 3.63) is 34.0 Å². The molecule has 1 N–H and O–H groups in total. The van der Waals surface area contributed by atoms with Crippen molar-refractivity contribution in [2.75, 3.05) is 20.8 Å². The summed E-state index contributed by atoms with van der Waals surface area (Å²) in [5.74, 6) is 1.15. The van der Waals surface area contributed by atoms with E-state index in [1.807, 2.05) is 17.9 Å². The highest BCUT2D eigenvalue weighted by molar-refractivity contribution is 7.80. The molecule has 1 aromatic rings. The van der Waals surface area contributed by atoms with E-state index in [-0.39, 0.29) is 11.8 Å². The van der Waals surface area contributed by atoms with Crippen LogP contribution in [0.5, 0.6) is 11.5 Å². The Morgan fingerprint density at radius 1 is 1.32 bits per heavy atom. The third kappa shape index (κ3) is 2.98. The number of carbonyl (C=O) groups excluding carboxylic acids is 1. The molecule has 1 aliphatic carbocycles. The molecule has 1 unspecified atom stereocenters. The molecule has 0 fully saturated rings. The van der Waals surface area contributed by atoms with E-state index >= 15 is 0 Å². The minimum absolute atomic E-state index is 0.144. The monoisotopic (exact) mass is 380 g/mol. The van der Waals surface area contributed by atoms with Gasteiger partial charge in [0.05, 0.1) is 25.3 Å². The van der Waals surface area contributed by atoms with Crippen LogP contribution >= 0.6 is 23.8 Å². The third-order valence-electron chi connectivity index (χ3n) is 4.70. The van der Waals surface area contributed by atoms with Crippen molar-refractivity contribution in [1.29, 1.82) is 0 Å². The zero-order chi connectivity index (χ0) is 18.1. The molecule has 1 atom stereocenters. The molecule has 0 amide bonds. The Hall–Kier alpha value is -1.79. The molecule has 7 heteroatoms. The number of ether oxygens (including phenoxy) is 2. The fraction of sp³-hybridized carbons (Fsp3) is 0.444. The summed E-state index contributed by atoms with van der Waals surface area (Å²) in [7, 11) is 3.11. The number of hydrogen-bond donors (Lipinski definition) is 1. The Bertz CT molecular complexity index is 763. The quantitative estimate of drug-likeness (QED) is 0.805. The first-order valence-electron chi connectivity index (χ1n) is 8.28. The molecule has 1 heterocycles. The van der Waals surface area contributed by atoms with Crippen LogP contribution in [0.2, 0.25) is 5.02 Å². The summed E-state index contributed by atoms with van der Waals surface area (Å²) in [4.78, 5) is 14.7. The van der Waals surface area contributed by atoms with Crippen LogP contribution in [0.15, 0.2) is 23.4 Å². The second-order valence-corrected chi connectivity index (χ2v) is 6.73. The molecule has 1 aliphatic heterocycles. The van der Waals surface area contributed by atoms with E-state index in [2.05, 4.69) is 5.32 Å². The van der Waals surface area contributed by atoms with Gasteiger partial charge in [0.2, 0.25) is 0 Å². The Balaban J connectivity index is 2.16. The van der Waals surface area contributed by atoms with Gasteiger partial charge in [0.1, 0.15) is 0 Å². The lowest BCUT2D eigenvalue weighted by molar-refractivity contribution is -0.116. The summed E-state index contributed by atoms with van der Waals surface area (Å²) in [6.45, 7) is 2.76. The van der Waals surface area contributed by atoms with E-state index in [9.17, 15) is 4.79 Å². The van der Waals surface area contributed by atoms with E-state index in [4.69, 9.17) is 33.3 Å². The van der Waals surface area contributed by atoms with Crippen LogP contribution in [0.4, 0.5) is 0 Å². The average molecular weight is 381 g/mol. The van der Waals surface area contributed by atoms with Crippen molar-refractivity contribution in [3.8, 4) is 11.5 Å². The molecule has 2 aliphatic rings. The highest BCUT2D eigenvalue weighted by Crippen LogP contribution is 2.44. The van der Waals surface area contributed by atoms with Crippen molar-refractivity contribution >= 4 is 34.7 Å². The lowest BCUT2D eigenvalue weighted by Crippen LogP contribution is -2.49. The normalized spacial score (nSPS) is 20.3. The highest BCUT2D eigenvalue weighted by Gasteiger charge is 2.38. The molecule has 0 radical (unpaired) electrons. The van der Waals surface area contributed by atoms with Crippen LogP contribution in [0.3, 0.4) is 0 Å². The Kier molecular flexibility index (Phi) is 5.20. The molecule has 0 saturated carbocycles. The van der Waals surface area contributed by atoms with Crippen LogP contribution in [-0.2, 0) is 4.79 Å². The van der Waals surface area contributed by atoms with Gasteiger partial charge < -0.3 is 19.7 Å². The summed E-state index contributed by atoms with van der Waals surface area (Å²) < 4.78 is 10.7. The number of rotatable bonds is 4. The third-order valence-corrected chi connectivity index (χ3v) is 5.43. The second-order valence-electron chi connectivity index (χ2n) is 5.97. The van der Waals surface area contributed by atoms with Gasteiger partial charge in [-0.2, -0.15) is 0 Å². The van der Waals surface area contributed by atoms with Crippen LogP contribution in [-0.4, -0.2) is 36.6 Å². The topological polar surface area (TPSA) is 50.8 Å². The van der Waals surface area contributed by atoms with E-state index in [0.717, 1.165) is 36.2 Å². The number of hydrogen-bond acceptors (Lipinski definition) is 4. The van der Waals surface area contributed by atoms with Gasteiger partial charge in [-0.1, -0.05) is 17.7 Å². The van der Waals surface area contributed by atoms with E-state index in [0.29, 0.717) is 28.1 Å². The van der Waals surface area contributed by atoms with Gasteiger partial charge in [-0.3, -0.25) is 4.79 Å². The first-order valence-corrected chi connectivity index (χ1v) is 9.06. The fourth-order valence-electron chi connectivity index (χ4n) is 3.55.